The normalized spacial score (nSPS) is 12.7. The van der Waals surface area contributed by atoms with Gasteiger partial charge in [-0.2, -0.15) is 0 Å². The predicted molar refractivity (Wildman–Crippen MR) is 85.5 cm³/mol. The zero-order valence-electron chi connectivity index (χ0n) is 12.5. The Labute approximate surface area is 130 Å². The van der Waals surface area contributed by atoms with E-state index in [4.69, 9.17) is 4.74 Å². The van der Waals surface area contributed by atoms with Gasteiger partial charge in [0.25, 0.3) is 10.0 Å². The van der Waals surface area contributed by atoms with Gasteiger partial charge in [0, 0.05) is 0 Å². The van der Waals surface area contributed by atoms with E-state index in [1.165, 1.54) is 12.1 Å². The molecule has 0 aromatic heterocycles. The van der Waals surface area contributed by atoms with Crippen molar-refractivity contribution in [2.45, 2.75) is 24.8 Å². The summed E-state index contributed by atoms with van der Waals surface area (Å²) in [5.74, 6) is 0.481. The Kier molecular flexibility index (Phi) is 5.05. The molecule has 0 radical (unpaired) electrons. The molecule has 1 atom stereocenters. The minimum absolute atomic E-state index is 0.128. The highest BCUT2D eigenvalue weighted by Gasteiger charge is 2.16. The Morgan fingerprint density at radius 1 is 1.14 bits per heavy atom. The van der Waals surface area contributed by atoms with Gasteiger partial charge in [0.1, 0.15) is 5.75 Å². The summed E-state index contributed by atoms with van der Waals surface area (Å²) in [6, 6.07) is 13.0. The zero-order chi connectivity index (χ0) is 16.2. The van der Waals surface area contributed by atoms with E-state index in [2.05, 4.69) is 4.72 Å². The Balaban J connectivity index is 2.28. The number of ether oxygens (including phenoxy) is 1. The molecule has 0 unspecified atom stereocenters. The van der Waals surface area contributed by atoms with Crippen LogP contribution in [0.15, 0.2) is 53.4 Å². The fourth-order valence-electron chi connectivity index (χ4n) is 1.96. The molecule has 0 spiro atoms. The maximum atomic E-state index is 12.4. The van der Waals surface area contributed by atoms with Gasteiger partial charge < -0.3 is 9.84 Å². The lowest BCUT2D eigenvalue weighted by atomic mass is 10.1. The highest BCUT2D eigenvalue weighted by molar-refractivity contribution is 7.92. The summed E-state index contributed by atoms with van der Waals surface area (Å²) in [6.45, 7) is 3.90. The molecule has 0 aliphatic heterocycles. The third kappa shape index (κ3) is 3.78. The lowest BCUT2D eigenvalue weighted by Gasteiger charge is -2.13. The topological polar surface area (TPSA) is 75.6 Å². The van der Waals surface area contributed by atoms with Crippen molar-refractivity contribution in [1.82, 2.24) is 0 Å². The van der Waals surface area contributed by atoms with Crippen molar-refractivity contribution in [3.63, 3.8) is 0 Å². The van der Waals surface area contributed by atoms with Crippen molar-refractivity contribution in [1.29, 1.82) is 0 Å². The summed E-state index contributed by atoms with van der Waals surface area (Å²) in [7, 11) is -3.71. The van der Waals surface area contributed by atoms with Crippen LogP contribution in [-0.2, 0) is 10.0 Å². The van der Waals surface area contributed by atoms with Gasteiger partial charge in [-0.3, -0.25) is 4.72 Å². The maximum absolute atomic E-state index is 12.4. The number of sulfonamides is 1. The smallest absolute Gasteiger partial charge is 0.262 e. The van der Waals surface area contributed by atoms with E-state index in [9.17, 15) is 13.5 Å². The molecule has 0 amide bonds. The molecule has 0 saturated carbocycles. The number of nitrogens with one attached hydrogen (secondary N) is 1. The minimum Gasteiger partial charge on any atom is -0.492 e. The van der Waals surface area contributed by atoms with Gasteiger partial charge in [-0.1, -0.05) is 24.3 Å². The lowest BCUT2D eigenvalue weighted by Crippen LogP contribution is -2.14. The van der Waals surface area contributed by atoms with Crippen molar-refractivity contribution in [2.75, 3.05) is 11.3 Å². The molecule has 2 aromatic rings. The maximum Gasteiger partial charge on any atom is 0.262 e. The van der Waals surface area contributed by atoms with Gasteiger partial charge in [0.2, 0.25) is 0 Å². The number of para-hydroxylation sites is 2. The summed E-state index contributed by atoms with van der Waals surface area (Å²) < 4.78 is 32.8. The number of anilines is 1. The number of aliphatic hydroxyl groups excluding tert-OH is 1. The van der Waals surface area contributed by atoms with E-state index >= 15 is 0 Å². The van der Waals surface area contributed by atoms with Crippen LogP contribution in [0.3, 0.4) is 0 Å². The molecular formula is C16H19NO4S. The Bertz CT molecular complexity index is 724. The molecule has 0 fully saturated rings. The van der Waals surface area contributed by atoms with Gasteiger partial charge in [-0.25, -0.2) is 8.42 Å². The van der Waals surface area contributed by atoms with Crippen molar-refractivity contribution >= 4 is 15.7 Å². The predicted octanol–water partition coefficient (Wildman–Crippen LogP) is 2.94. The van der Waals surface area contributed by atoms with Crippen LogP contribution in [0.4, 0.5) is 5.69 Å². The fraction of sp³-hybridized carbons (Fsp3) is 0.250. The van der Waals surface area contributed by atoms with Crippen molar-refractivity contribution < 1.29 is 18.3 Å². The minimum atomic E-state index is -3.71. The monoisotopic (exact) mass is 321 g/mol. The molecule has 118 valence electrons. The van der Waals surface area contributed by atoms with Crippen molar-refractivity contribution in [3.8, 4) is 5.75 Å². The number of rotatable bonds is 6. The molecule has 5 nitrogen and oxygen atoms in total. The summed E-state index contributed by atoms with van der Waals surface area (Å²) >= 11 is 0. The van der Waals surface area contributed by atoms with Crippen LogP contribution in [-0.4, -0.2) is 20.1 Å². The van der Waals surface area contributed by atoms with E-state index in [0.29, 0.717) is 23.6 Å². The van der Waals surface area contributed by atoms with Crippen LogP contribution in [0.25, 0.3) is 0 Å². The van der Waals surface area contributed by atoms with E-state index in [0.717, 1.165) is 0 Å². The van der Waals surface area contributed by atoms with Gasteiger partial charge in [-0.05, 0) is 43.7 Å². The zero-order valence-corrected chi connectivity index (χ0v) is 13.3. The third-order valence-corrected chi connectivity index (χ3v) is 4.49. The van der Waals surface area contributed by atoms with Crippen LogP contribution >= 0.6 is 0 Å². The van der Waals surface area contributed by atoms with E-state index in [1.807, 2.05) is 6.92 Å². The largest absolute Gasteiger partial charge is 0.492 e. The second kappa shape index (κ2) is 6.81. The number of benzene rings is 2. The second-order valence-corrected chi connectivity index (χ2v) is 6.46. The van der Waals surface area contributed by atoms with Crippen LogP contribution in [0.2, 0.25) is 0 Å². The average Bonchev–Trinajstić information content (AvgIpc) is 2.49. The second-order valence-electron chi connectivity index (χ2n) is 4.78. The lowest BCUT2D eigenvalue weighted by molar-refractivity contribution is 0.199. The number of aliphatic hydroxyl groups is 1. The molecule has 2 N–H and O–H groups in total. The quantitative estimate of drug-likeness (QED) is 0.858. The molecule has 2 aromatic carbocycles. The Morgan fingerprint density at radius 3 is 2.36 bits per heavy atom. The first kappa shape index (κ1) is 16.3. The Hall–Kier alpha value is -2.05. The highest BCUT2D eigenvalue weighted by Crippen LogP contribution is 2.27. The molecular weight excluding hydrogens is 302 g/mol. The summed E-state index contributed by atoms with van der Waals surface area (Å²) in [4.78, 5) is 0.128. The molecule has 0 saturated heterocycles. The first-order valence-electron chi connectivity index (χ1n) is 6.96. The van der Waals surface area contributed by atoms with E-state index in [1.54, 1.807) is 43.3 Å². The molecule has 0 aliphatic carbocycles. The number of hydrogen-bond donors (Lipinski definition) is 2. The molecule has 2 rings (SSSR count). The number of hydrogen-bond acceptors (Lipinski definition) is 4. The van der Waals surface area contributed by atoms with Gasteiger partial charge in [0.15, 0.2) is 0 Å². The molecule has 0 bridgehead atoms. The summed E-state index contributed by atoms with van der Waals surface area (Å²) in [5, 5.41) is 9.47. The summed E-state index contributed by atoms with van der Waals surface area (Å²) in [6.07, 6.45) is -0.636. The molecule has 6 heteroatoms. The molecule has 0 aliphatic rings. The van der Waals surface area contributed by atoms with Crippen LogP contribution in [0.1, 0.15) is 25.5 Å². The standard InChI is InChI=1S/C16H19NO4S/c1-3-21-16-7-5-4-6-15(16)17-22(19,20)14-10-8-13(9-11-14)12(2)18/h4-12,17-18H,3H2,1-2H3/t12-/m0/s1. The highest BCUT2D eigenvalue weighted by atomic mass is 32.2. The third-order valence-electron chi connectivity index (χ3n) is 3.10. The molecule has 22 heavy (non-hydrogen) atoms. The summed E-state index contributed by atoms with van der Waals surface area (Å²) in [5.41, 5.74) is 1.05. The van der Waals surface area contributed by atoms with Gasteiger partial charge in [-0.15, -0.1) is 0 Å². The van der Waals surface area contributed by atoms with Crippen LogP contribution in [0.5, 0.6) is 5.75 Å². The molecule has 0 heterocycles. The van der Waals surface area contributed by atoms with Crippen LogP contribution < -0.4 is 9.46 Å². The van der Waals surface area contributed by atoms with Crippen LogP contribution in [0, 0.1) is 0 Å². The van der Waals surface area contributed by atoms with Crippen molar-refractivity contribution in [3.05, 3.63) is 54.1 Å². The van der Waals surface area contributed by atoms with Gasteiger partial charge >= 0.3 is 0 Å². The van der Waals surface area contributed by atoms with Gasteiger partial charge in [0.05, 0.1) is 23.3 Å². The Morgan fingerprint density at radius 2 is 1.77 bits per heavy atom. The van der Waals surface area contributed by atoms with Crippen molar-refractivity contribution in [2.24, 2.45) is 0 Å². The first-order chi connectivity index (χ1) is 10.4. The van der Waals surface area contributed by atoms with E-state index in [-0.39, 0.29) is 4.90 Å². The average molecular weight is 321 g/mol. The SMILES string of the molecule is CCOc1ccccc1NS(=O)(=O)c1ccc([C@H](C)O)cc1. The first-order valence-corrected chi connectivity index (χ1v) is 8.45. The van der Waals surface area contributed by atoms with E-state index < -0.39 is 16.1 Å². The fourth-order valence-corrected chi connectivity index (χ4v) is 3.03.